The Bertz CT molecular complexity index is 812. The number of hydrogen-bond donors (Lipinski definition) is 2. The molecule has 7 heteroatoms. The Hall–Kier alpha value is -1.34. The highest BCUT2D eigenvalue weighted by atomic mass is 32.2. The van der Waals surface area contributed by atoms with Crippen LogP contribution in [0.25, 0.3) is 10.2 Å². The summed E-state index contributed by atoms with van der Waals surface area (Å²) in [5.74, 6) is 0.903. The van der Waals surface area contributed by atoms with Gasteiger partial charge < -0.3 is 10.3 Å². The molecule has 1 aliphatic rings. The van der Waals surface area contributed by atoms with Crippen LogP contribution in [0.1, 0.15) is 44.1 Å². The second kappa shape index (κ2) is 7.27. The number of rotatable bonds is 5. The second-order valence-electron chi connectivity index (χ2n) is 6.57. The van der Waals surface area contributed by atoms with Gasteiger partial charge in [-0.1, -0.05) is 25.6 Å². The third kappa shape index (κ3) is 3.67. The minimum Gasteiger partial charge on any atom is -0.353 e. The summed E-state index contributed by atoms with van der Waals surface area (Å²) in [5.41, 5.74) is 1.12. The number of aryl methyl sites for hydroxylation is 1. The summed E-state index contributed by atoms with van der Waals surface area (Å²) in [7, 11) is 0. The van der Waals surface area contributed by atoms with Crippen molar-refractivity contribution in [1.29, 1.82) is 0 Å². The van der Waals surface area contributed by atoms with E-state index >= 15 is 0 Å². The van der Waals surface area contributed by atoms with Crippen LogP contribution in [-0.4, -0.2) is 27.7 Å². The molecule has 2 aromatic rings. The quantitative estimate of drug-likeness (QED) is 0.631. The molecular weight excluding hydrogens is 342 g/mol. The molecule has 0 unspecified atom stereocenters. The number of aromatic nitrogens is 2. The van der Waals surface area contributed by atoms with Crippen molar-refractivity contribution in [3.05, 3.63) is 20.8 Å². The van der Waals surface area contributed by atoms with Gasteiger partial charge in [-0.2, -0.15) is 0 Å². The van der Waals surface area contributed by atoms with E-state index in [4.69, 9.17) is 0 Å². The van der Waals surface area contributed by atoms with E-state index in [2.05, 4.69) is 22.2 Å². The molecule has 130 valence electrons. The van der Waals surface area contributed by atoms with Crippen molar-refractivity contribution < 1.29 is 4.79 Å². The predicted octanol–water partition coefficient (Wildman–Crippen LogP) is 3.12. The number of aromatic amines is 1. The zero-order valence-corrected chi connectivity index (χ0v) is 15.9. The first-order valence-corrected chi connectivity index (χ1v) is 10.2. The highest BCUT2D eigenvalue weighted by Gasteiger charge is 2.23. The summed E-state index contributed by atoms with van der Waals surface area (Å²) >= 11 is 2.92. The first-order valence-electron chi connectivity index (χ1n) is 8.44. The first kappa shape index (κ1) is 17.5. The Morgan fingerprint density at radius 2 is 2.33 bits per heavy atom. The molecule has 5 nitrogen and oxygen atoms in total. The van der Waals surface area contributed by atoms with Crippen LogP contribution in [0.5, 0.6) is 0 Å². The Kier molecular flexibility index (Phi) is 5.30. The molecule has 2 atom stereocenters. The van der Waals surface area contributed by atoms with E-state index in [1.54, 1.807) is 11.3 Å². The van der Waals surface area contributed by atoms with E-state index < -0.39 is 0 Å². The lowest BCUT2D eigenvalue weighted by Gasteiger charge is -2.17. The molecule has 2 N–H and O–H groups in total. The van der Waals surface area contributed by atoms with Crippen molar-refractivity contribution in [3.8, 4) is 0 Å². The van der Waals surface area contributed by atoms with Crippen molar-refractivity contribution in [1.82, 2.24) is 15.3 Å². The maximum Gasteiger partial charge on any atom is 0.260 e. The largest absolute Gasteiger partial charge is 0.353 e. The van der Waals surface area contributed by atoms with Crippen molar-refractivity contribution in [2.45, 2.75) is 57.7 Å². The molecule has 0 spiro atoms. The average molecular weight is 366 g/mol. The summed E-state index contributed by atoms with van der Waals surface area (Å²) in [4.78, 5) is 33.9. The lowest BCUT2D eigenvalue weighted by atomic mass is 9.89. The summed E-state index contributed by atoms with van der Waals surface area (Å²) in [6, 6.07) is 0.165. The normalized spacial score (nSPS) is 18.4. The minimum absolute atomic E-state index is 0.0311. The van der Waals surface area contributed by atoms with Crippen LogP contribution in [0.3, 0.4) is 0 Å². The SMILES string of the molecule is CC[C@@H](C)NC(=O)CSc1nc2sc3c(c2c(=O)[nH]1)CC[C@H](C)C3. The smallest absolute Gasteiger partial charge is 0.260 e. The van der Waals surface area contributed by atoms with Crippen molar-refractivity contribution in [2.24, 2.45) is 5.92 Å². The van der Waals surface area contributed by atoms with Crippen LogP contribution in [0, 0.1) is 5.92 Å². The molecule has 1 aliphatic carbocycles. The van der Waals surface area contributed by atoms with Gasteiger partial charge in [0.25, 0.3) is 5.56 Å². The molecular formula is C17H23N3O2S2. The topological polar surface area (TPSA) is 74.8 Å². The molecule has 0 saturated heterocycles. The molecule has 3 rings (SSSR count). The number of nitrogens with one attached hydrogen (secondary N) is 2. The fraction of sp³-hybridized carbons (Fsp3) is 0.588. The van der Waals surface area contributed by atoms with Crippen LogP contribution in [0.15, 0.2) is 9.95 Å². The zero-order chi connectivity index (χ0) is 17.3. The highest BCUT2D eigenvalue weighted by molar-refractivity contribution is 7.99. The highest BCUT2D eigenvalue weighted by Crippen LogP contribution is 2.36. The fourth-order valence-corrected chi connectivity index (χ4v) is 5.06. The Morgan fingerprint density at radius 3 is 3.08 bits per heavy atom. The monoisotopic (exact) mass is 365 g/mol. The number of fused-ring (bicyclic) bond motifs is 3. The van der Waals surface area contributed by atoms with Gasteiger partial charge in [0.2, 0.25) is 5.91 Å². The van der Waals surface area contributed by atoms with E-state index in [-0.39, 0.29) is 23.3 Å². The molecule has 2 aromatic heterocycles. The van der Waals surface area contributed by atoms with Crippen molar-refractivity contribution in [3.63, 3.8) is 0 Å². The van der Waals surface area contributed by atoms with E-state index in [1.165, 1.54) is 22.2 Å². The van der Waals surface area contributed by atoms with Gasteiger partial charge in [-0.3, -0.25) is 9.59 Å². The lowest BCUT2D eigenvalue weighted by Crippen LogP contribution is -2.33. The predicted molar refractivity (Wildman–Crippen MR) is 100 cm³/mol. The Balaban J connectivity index is 1.79. The number of nitrogens with zero attached hydrogens (tertiary/aromatic N) is 1. The number of thioether (sulfide) groups is 1. The molecule has 0 fully saturated rings. The molecule has 0 bridgehead atoms. The van der Waals surface area contributed by atoms with E-state index in [0.717, 1.165) is 35.9 Å². The summed E-state index contributed by atoms with van der Waals surface area (Å²) in [5, 5.41) is 4.21. The standard InChI is InChI=1S/C17H23N3O2S2/c1-4-10(3)18-13(21)8-23-17-19-15(22)14-11-6-5-9(2)7-12(11)24-16(14)20-17/h9-10H,4-8H2,1-3H3,(H,18,21)(H,19,20,22)/t9-,10+/m0/s1. The molecule has 24 heavy (non-hydrogen) atoms. The molecule has 0 saturated carbocycles. The lowest BCUT2D eigenvalue weighted by molar-refractivity contribution is -0.119. The number of hydrogen-bond acceptors (Lipinski definition) is 5. The Labute approximate surface area is 149 Å². The fourth-order valence-electron chi connectivity index (χ4n) is 2.95. The molecule has 0 aromatic carbocycles. The average Bonchev–Trinajstić information content (AvgIpc) is 2.90. The van der Waals surface area contributed by atoms with Crippen LogP contribution in [0.2, 0.25) is 0 Å². The number of amides is 1. The van der Waals surface area contributed by atoms with Crippen LogP contribution in [0.4, 0.5) is 0 Å². The summed E-state index contributed by atoms with van der Waals surface area (Å²) < 4.78 is 0. The van der Waals surface area contributed by atoms with Crippen molar-refractivity contribution in [2.75, 3.05) is 5.75 Å². The number of carbonyl (C=O) groups excluding carboxylic acids is 1. The van der Waals surface area contributed by atoms with Gasteiger partial charge >= 0.3 is 0 Å². The van der Waals surface area contributed by atoms with E-state index in [1.807, 2.05) is 13.8 Å². The van der Waals surface area contributed by atoms with Gasteiger partial charge in [0.15, 0.2) is 5.16 Å². The van der Waals surface area contributed by atoms with Crippen molar-refractivity contribution >= 4 is 39.2 Å². The number of carbonyl (C=O) groups is 1. The van der Waals surface area contributed by atoms with Crippen LogP contribution in [-0.2, 0) is 17.6 Å². The molecule has 2 heterocycles. The van der Waals surface area contributed by atoms with Gasteiger partial charge in [-0.05, 0) is 44.1 Å². The maximum absolute atomic E-state index is 12.5. The molecule has 1 amide bonds. The van der Waals surface area contributed by atoms with Crippen LogP contribution < -0.4 is 10.9 Å². The van der Waals surface area contributed by atoms with Gasteiger partial charge in [-0.15, -0.1) is 11.3 Å². The van der Waals surface area contributed by atoms with Gasteiger partial charge in [0.05, 0.1) is 11.1 Å². The van der Waals surface area contributed by atoms with Gasteiger partial charge in [-0.25, -0.2) is 4.98 Å². The van der Waals surface area contributed by atoms with Gasteiger partial charge in [0.1, 0.15) is 4.83 Å². The Morgan fingerprint density at radius 1 is 1.54 bits per heavy atom. The zero-order valence-electron chi connectivity index (χ0n) is 14.3. The third-order valence-corrected chi connectivity index (χ3v) is 6.52. The molecule has 0 aliphatic heterocycles. The first-order chi connectivity index (χ1) is 11.5. The minimum atomic E-state index is -0.0723. The summed E-state index contributed by atoms with van der Waals surface area (Å²) in [6.45, 7) is 6.26. The number of thiophene rings is 1. The maximum atomic E-state index is 12.5. The third-order valence-electron chi connectivity index (χ3n) is 4.50. The van der Waals surface area contributed by atoms with Crippen LogP contribution >= 0.6 is 23.1 Å². The van der Waals surface area contributed by atoms with E-state index in [0.29, 0.717) is 11.1 Å². The summed E-state index contributed by atoms with van der Waals surface area (Å²) in [6.07, 6.45) is 4.03. The molecule has 0 radical (unpaired) electrons. The number of H-pyrrole nitrogens is 1. The van der Waals surface area contributed by atoms with E-state index in [9.17, 15) is 9.59 Å². The second-order valence-corrected chi connectivity index (χ2v) is 8.62. The van der Waals surface area contributed by atoms with Gasteiger partial charge in [0, 0.05) is 10.9 Å².